The molecule has 128 valence electrons. The van der Waals surface area contributed by atoms with Crippen molar-refractivity contribution in [3.05, 3.63) is 34.7 Å². The number of esters is 1. The number of methoxy groups -OCH3 is 1. The number of carbonyl (C=O) groups excluding carboxylic acids is 2. The molecule has 0 radical (unpaired) electrons. The van der Waals surface area contributed by atoms with Crippen molar-refractivity contribution in [1.82, 2.24) is 14.0 Å². The lowest BCUT2D eigenvalue weighted by Gasteiger charge is -2.30. The molecule has 0 unspecified atom stereocenters. The molecule has 1 fully saturated rings. The van der Waals surface area contributed by atoms with Gasteiger partial charge in [-0.15, -0.1) is 0 Å². The lowest BCUT2D eigenvalue weighted by molar-refractivity contribution is -0.149. The Labute approximate surface area is 139 Å². The van der Waals surface area contributed by atoms with Gasteiger partial charge in [0.05, 0.1) is 24.1 Å². The van der Waals surface area contributed by atoms with Crippen molar-refractivity contribution in [2.45, 2.75) is 19.4 Å². The van der Waals surface area contributed by atoms with E-state index >= 15 is 0 Å². The summed E-state index contributed by atoms with van der Waals surface area (Å²) in [5, 5.41) is 0. The number of para-hydroxylation sites is 2. The number of amides is 1. The standard InChI is InChI=1S/C17H21N3O4/c1-18-13-5-3-4-6-14(13)20(17(18)23)11-15(21)19-9-7-12(8-10-19)16(22)24-2/h3-6,12H,7-11H2,1-2H3. The highest BCUT2D eigenvalue weighted by molar-refractivity contribution is 5.81. The van der Waals surface area contributed by atoms with Gasteiger partial charge in [0.1, 0.15) is 6.54 Å². The number of piperidine rings is 1. The van der Waals surface area contributed by atoms with Crippen LogP contribution in [-0.4, -0.2) is 46.1 Å². The molecule has 0 N–H and O–H groups in total. The monoisotopic (exact) mass is 331 g/mol. The van der Waals surface area contributed by atoms with Gasteiger partial charge in [0.15, 0.2) is 0 Å². The van der Waals surface area contributed by atoms with Gasteiger partial charge in [-0.1, -0.05) is 12.1 Å². The maximum absolute atomic E-state index is 12.6. The maximum atomic E-state index is 12.6. The van der Waals surface area contributed by atoms with Crippen LogP contribution in [0.15, 0.2) is 29.1 Å². The zero-order chi connectivity index (χ0) is 17.3. The summed E-state index contributed by atoms with van der Waals surface area (Å²) in [6.45, 7) is 1.04. The Morgan fingerprint density at radius 2 is 1.79 bits per heavy atom. The number of fused-ring (bicyclic) bond motifs is 1. The molecular formula is C17H21N3O4. The first-order chi connectivity index (χ1) is 11.5. The molecule has 7 heteroatoms. The van der Waals surface area contributed by atoms with Gasteiger partial charge in [0, 0.05) is 20.1 Å². The summed E-state index contributed by atoms with van der Waals surface area (Å²) in [5.41, 5.74) is 1.36. The Kier molecular flexibility index (Phi) is 4.42. The van der Waals surface area contributed by atoms with Crippen LogP contribution < -0.4 is 5.69 Å². The van der Waals surface area contributed by atoms with Gasteiger partial charge in [-0.2, -0.15) is 0 Å². The molecule has 0 aliphatic carbocycles. The molecule has 2 heterocycles. The van der Waals surface area contributed by atoms with Crippen LogP contribution in [0.1, 0.15) is 12.8 Å². The summed E-state index contributed by atoms with van der Waals surface area (Å²) in [4.78, 5) is 38.2. The van der Waals surface area contributed by atoms with Crippen LogP contribution in [0.2, 0.25) is 0 Å². The molecule has 0 saturated carbocycles. The lowest BCUT2D eigenvalue weighted by atomic mass is 9.97. The highest BCUT2D eigenvalue weighted by Gasteiger charge is 2.28. The third-order valence-electron chi connectivity index (χ3n) is 4.73. The number of carbonyl (C=O) groups is 2. The van der Waals surface area contributed by atoms with Crippen LogP contribution in [0.5, 0.6) is 0 Å². The second-order valence-corrected chi connectivity index (χ2v) is 6.09. The number of imidazole rings is 1. The number of rotatable bonds is 3. The predicted molar refractivity (Wildman–Crippen MR) is 88.5 cm³/mol. The summed E-state index contributed by atoms with van der Waals surface area (Å²) in [6.07, 6.45) is 1.20. The molecule has 1 aromatic heterocycles. The van der Waals surface area contributed by atoms with Gasteiger partial charge < -0.3 is 9.64 Å². The predicted octanol–water partition coefficient (Wildman–Crippen LogP) is 0.752. The van der Waals surface area contributed by atoms with Gasteiger partial charge in [0.2, 0.25) is 5.91 Å². The molecule has 0 bridgehead atoms. The zero-order valence-corrected chi connectivity index (χ0v) is 13.9. The van der Waals surface area contributed by atoms with E-state index in [9.17, 15) is 14.4 Å². The first kappa shape index (κ1) is 16.3. The quantitative estimate of drug-likeness (QED) is 0.778. The molecule has 1 aromatic carbocycles. The van der Waals surface area contributed by atoms with Crippen LogP contribution in [0.4, 0.5) is 0 Å². The van der Waals surface area contributed by atoms with Crippen molar-refractivity contribution < 1.29 is 14.3 Å². The minimum atomic E-state index is -0.215. The van der Waals surface area contributed by atoms with E-state index in [1.54, 1.807) is 16.5 Å². The van der Waals surface area contributed by atoms with Gasteiger partial charge >= 0.3 is 11.7 Å². The first-order valence-electron chi connectivity index (χ1n) is 8.02. The van der Waals surface area contributed by atoms with E-state index in [0.717, 1.165) is 11.0 Å². The fourth-order valence-corrected chi connectivity index (χ4v) is 3.28. The Morgan fingerprint density at radius 3 is 2.42 bits per heavy atom. The van der Waals surface area contributed by atoms with Gasteiger partial charge in [-0.25, -0.2) is 4.79 Å². The molecular weight excluding hydrogens is 310 g/mol. The highest BCUT2D eigenvalue weighted by Crippen LogP contribution is 2.19. The first-order valence-corrected chi connectivity index (χ1v) is 8.02. The number of ether oxygens (including phenoxy) is 1. The van der Waals surface area contributed by atoms with E-state index in [1.165, 1.54) is 11.7 Å². The number of nitrogens with zero attached hydrogens (tertiary/aromatic N) is 3. The molecule has 1 amide bonds. The SMILES string of the molecule is COC(=O)C1CCN(C(=O)Cn2c(=O)n(C)c3ccccc32)CC1. The van der Waals surface area contributed by atoms with Crippen LogP contribution in [-0.2, 0) is 27.9 Å². The topological polar surface area (TPSA) is 73.5 Å². The molecule has 0 atom stereocenters. The van der Waals surface area contributed by atoms with Crippen molar-refractivity contribution in [2.24, 2.45) is 13.0 Å². The van der Waals surface area contributed by atoms with Crippen molar-refractivity contribution in [3.8, 4) is 0 Å². The van der Waals surface area contributed by atoms with Crippen molar-refractivity contribution in [1.29, 1.82) is 0 Å². The molecule has 0 spiro atoms. The summed E-state index contributed by atoms with van der Waals surface area (Å²) in [6, 6.07) is 7.42. The van der Waals surface area contributed by atoms with E-state index in [4.69, 9.17) is 4.74 Å². The molecule has 1 aliphatic rings. The molecule has 1 saturated heterocycles. The molecule has 7 nitrogen and oxygen atoms in total. The van der Waals surface area contributed by atoms with E-state index < -0.39 is 0 Å². The van der Waals surface area contributed by atoms with E-state index in [1.807, 2.05) is 24.3 Å². The second-order valence-electron chi connectivity index (χ2n) is 6.09. The van der Waals surface area contributed by atoms with Crippen LogP contribution in [0.3, 0.4) is 0 Å². The fraction of sp³-hybridized carbons (Fsp3) is 0.471. The number of aromatic nitrogens is 2. The molecule has 1 aliphatic heterocycles. The van der Waals surface area contributed by atoms with Crippen molar-refractivity contribution >= 4 is 22.9 Å². The van der Waals surface area contributed by atoms with Crippen molar-refractivity contribution in [3.63, 3.8) is 0 Å². The zero-order valence-electron chi connectivity index (χ0n) is 13.9. The fourth-order valence-electron chi connectivity index (χ4n) is 3.28. The lowest BCUT2D eigenvalue weighted by Crippen LogP contribution is -2.43. The number of benzene rings is 1. The number of aryl methyl sites for hydroxylation is 1. The van der Waals surface area contributed by atoms with Crippen LogP contribution in [0.25, 0.3) is 11.0 Å². The minimum absolute atomic E-state index is 0.0169. The van der Waals surface area contributed by atoms with Crippen molar-refractivity contribution in [2.75, 3.05) is 20.2 Å². The summed E-state index contributed by atoms with van der Waals surface area (Å²) in [7, 11) is 3.08. The van der Waals surface area contributed by atoms with Crippen LogP contribution >= 0.6 is 0 Å². The third kappa shape index (κ3) is 2.81. The molecule has 2 aromatic rings. The average molecular weight is 331 g/mol. The van der Waals surface area contributed by atoms with Gasteiger partial charge in [-0.3, -0.25) is 18.7 Å². The molecule has 3 rings (SSSR count). The van der Waals surface area contributed by atoms with E-state index in [-0.39, 0.29) is 30.0 Å². The Bertz CT molecular complexity index is 828. The smallest absolute Gasteiger partial charge is 0.329 e. The molecule has 24 heavy (non-hydrogen) atoms. The number of hydrogen-bond donors (Lipinski definition) is 0. The second kappa shape index (κ2) is 6.51. The van der Waals surface area contributed by atoms with Gasteiger partial charge in [-0.05, 0) is 25.0 Å². The summed E-state index contributed by atoms with van der Waals surface area (Å²) in [5.74, 6) is -0.455. The number of likely N-dealkylation sites (tertiary alicyclic amines) is 1. The Balaban J connectivity index is 1.74. The Hall–Kier alpha value is -2.57. The minimum Gasteiger partial charge on any atom is -0.469 e. The van der Waals surface area contributed by atoms with Crippen LogP contribution in [0, 0.1) is 5.92 Å². The average Bonchev–Trinajstić information content (AvgIpc) is 2.86. The summed E-state index contributed by atoms with van der Waals surface area (Å²) >= 11 is 0. The normalized spacial score (nSPS) is 15.7. The summed E-state index contributed by atoms with van der Waals surface area (Å²) < 4.78 is 7.81. The maximum Gasteiger partial charge on any atom is 0.329 e. The largest absolute Gasteiger partial charge is 0.469 e. The third-order valence-corrected chi connectivity index (χ3v) is 4.73. The highest BCUT2D eigenvalue weighted by atomic mass is 16.5. The van der Waals surface area contributed by atoms with E-state index in [2.05, 4.69) is 0 Å². The number of hydrogen-bond acceptors (Lipinski definition) is 4. The Morgan fingerprint density at radius 1 is 1.17 bits per heavy atom. The van der Waals surface area contributed by atoms with E-state index in [0.29, 0.717) is 25.9 Å². The van der Waals surface area contributed by atoms with Gasteiger partial charge in [0.25, 0.3) is 0 Å².